The van der Waals surface area contributed by atoms with Crippen molar-refractivity contribution in [2.75, 3.05) is 10.6 Å². The number of fused-ring (bicyclic) bond motifs is 1. The van der Waals surface area contributed by atoms with E-state index in [0.29, 0.717) is 11.1 Å². The molecular weight excluding hydrogens is 311 g/mol. The smallest absolute Gasteiger partial charge is 0.276 e. The van der Waals surface area contributed by atoms with Crippen molar-refractivity contribution in [1.82, 2.24) is 10.2 Å². The molecule has 2 aromatic carbocycles. The molecule has 0 fully saturated rings. The van der Waals surface area contributed by atoms with Crippen molar-refractivity contribution in [3.63, 3.8) is 0 Å². The van der Waals surface area contributed by atoms with E-state index in [0.717, 1.165) is 11.1 Å². The van der Waals surface area contributed by atoms with Crippen LogP contribution in [0.5, 0.6) is 0 Å². The number of benzene rings is 2. The summed E-state index contributed by atoms with van der Waals surface area (Å²) in [6.07, 6.45) is 0. The van der Waals surface area contributed by atoms with E-state index in [4.69, 9.17) is 0 Å². The van der Waals surface area contributed by atoms with Gasteiger partial charge < -0.3 is 10.6 Å². The molecule has 3 rings (SSSR count). The van der Waals surface area contributed by atoms with E-state index in [-0.39, 0.29) is 11.4 Å². The zero-order valence-electron chi connectivity index (χ0n) is 13.1. The van der Waals surface area contributed by atoms with Gasteiger partial charge in [-0.25, -0.2) is 4.39 Å². The molecule has 7 heteroatoms. The van der Waals surface area contributed by atoms with E-state index in [9.17, 15) is 14.0 Å². The third kappa shape index (κ3) is 3.10. The van der Waals surface area contributed by atoms with Crippen LogP contribution in [-0.2, 0) is 4.79 Å². The second-order valence-electron chi connectivity index (χ2n) is 5.45. The fourth-order valence-corrected chi connectivity index (χ4v) is 2.38. The van der Waals surface area contributed by atoms with Gasteiger partial charge in [0.05, 0.1) is 11.2 Å². The van der Waals surface area contributed by atoms with Crippen LogP contribution < -0.4 is 10.6 Å². The number of H-pyrrole nitrogens is 1. The van der Waals surface area contributed by atoms with Crippen LogP contribution in [0.25, 0.3) is 10.9 Å². The number of aromatic amines is 1. The average Bonchev–Trinajstić information content (AvgIpc) is 2.93. The number of nitrogens with one attached hydrogen (secondary N) is 3. The Bertz CT molecular complexity index is 949. The Labute approximate surface area is 137 Å². The SMILES string of the molecule is CC(=O)Nc1cc(NC(=O)c2n[nH]c3ccc(C)cc23)ccc1F. The van der Waals surface area contributed by atoms with E-state index in [1.54, 1.807) is 0 Å². The maximum absolute atomic E-state index is 13.6. The highest BCUT2D eigenvalue weighted by Crippen LogP contribution is 2.22. The van der Waals surface area contributed by atoms with Crippen LogP contribution in [0.3, 0.4) is 0 Å². The fourth-order valence-electron chi connectivity index (χ4n) is 2.38. The summed E-state index contributed by atoms with van der Waals surface area (Å²) in [5.41, 5.74) is 2.37. The van der Waals surface area contributed by atoms with Crippen molar-refractivity contribution in [2.45, 2.75) is 13.8 Å². The number of carbonyl (C=O) groups excluding carboxylic acids is 2. The molecule has 0 atom stereocenters. The summed E-state index contributed by atoms with van der Waals surface area (Å²) in [6, 6.07) is 9.57. The van der Waals surface area contributed by atoms with Crippen molar-refractivity contribution < 1.29 is 14.0 Å². The summed E-state index contributed by atoms with van der Waals surface area (Å²) < 4.78 is 13.6. The molecule has 122 valence electrons. The Morgan fingerprint density at radius 1 is 1.12 bits per heavy atom. The maximum atomic E-state index is 13.6. The summed E-state index contributed by atoms with van der Waals surface area (Å²) in [4.78, 5) is 23.5. The van der Waals surface area contributed by atoms with E-state index >= 15 is 0 Å². The van der Waals surface area contributed by atoms with Crippen molar-refractivity contribution in [3.8, 4) is 0 Å². The van der Waals surface area contributed by atoms with Gasteiger partial charge in [-0.05, 0) is 37.3 Å². The predicted molar refractivity (Wildman–Crippen MR) is 89.5 cm³/mol. The first kappa shape index (κ1) is 15.7. The molecule has 0 radical (unpaired) electrons. The Morgan fingerprint density at radius 3 is 2.67 bits per heavy atom. The molecule has 3 aromatic rings. The zero-order valence-corrected chi connectivity index (χ0v) is 13.1. The van der Waals surface area contributed by atoms with E-state index < -0.39 is 17.6 Å². The highest BCUT2D eigenvalue weighted by Gasteiger charge is 2.15. The van der Waals surface area contributed by atoms with Crippen LogP contribution in [0, 0.1) is 12.7 Å². The molecule has 0 bridgehead atoms. The van der Waals surface area contributed by atoms with Gasteiger partial charge in [0.1, 0.15) is 5.82 Å². The minimum atomic E-state index is -0.580. The van der Waals surface area contributed by atoms with Crippen LogP contribution >= 0.6 is 0 Å². The van der Waals surface area contributed by atoms with Crippen molar-refractivity contribution in [3.05, 3.63) is 53.5 Å². The van der Waals surface area contributed by atoms with E-state index in [1.165, 1.54) is 25.1 Å². The molecule has 0 saturated heterocycles. The normalized spacial score (nSPS) is 10.6. The Kier molecular flexibility index (Phi) is 3.99. The number of anilines is 2. The Balaban J connectivity index is 1.89. The summed E-state index contributed by atoms with van der Waals surface area (Å²) in [7, 11) is 0. The third-order valence-electron chi connectivity index (χ3n) is 3.47. The van der Waals surface area contributed by atoms with Crippen LogP contribution in [0.15, 0.2) is 36.4 Å². The Morgan fingerprint density at radius 2 is 1.92 bits per heavy atom. The average molecular weight is 326 g/mol. The van der Waals surface area contributed by atoms with E-state index in [2.05, 4.69) is 20.8 Å². The molecule has 1 heterocycles. The number of amides is 2. The molecule has 24 heavy (non-hydrogen) atoms. The van der Waals surface area contributed by atoms with Crippen LogP contribution in [0.2, 0.25) is 0 Å². The highest BCUT2D eigenvalue weighted by molar-refractivity contribution is 6.11. The number of nitrogens with zero attached hydrogens (tertiary/aromatic N) is 1. The quantitative estimate of drug-likeness (QED) is 0.690. The number of carbonyl (C=O) groups is 2. The predicted octanol–water partition coefficient (Wildman–Crippen LogP) is 3.22. The lowest BCUT2D eigenvalue weighted by molar-refractivity contribution is -0.114. The van der Waals surface area contributed by atoms with Gasteiger partial charge in [0, 0.05) is 18.0 Å². The monoisotopic (exact) mass is 326 g/mol. The number of hydrogen-bond donors (Lipinski definition) is 3. The van der Waals surface area contributed by atoms with Crippen molar-refractivity contribution >= 4 is 34.1 Å². The standard InChI is InChI=1S/C17H15FN4O2/c1-9-3-6-14-12(7-9)16(22-21-14)17(24)20-11-4-5-13(18)15(8-11)19-10(2)23/h3-8H,1-2H3,(H,19,23)(H,20,24)(H,21,22). The third-order valence-corrected chi connectivity index (χ3v) is 3.47. The lowest BCUT2D eigenvalue weighted by Crippen LogP contribution is -2.14. The summed E-state index contributed by atoms with van der Waals surface area (Å²) in [5.74, 6) is -1.40. The molecule has 3 N–H and O–H groups in total. The number of aryl methyl sites for hydroxylation is 1. The topological polar surface area (TPSA) is 86.9 Å². The molecule has 0 aliphatic rings. The molecular formula is C17H15FN4O2. The van der Waals surface area contributed by atoms with Gasteiger partial charge in [0.25, 0.3) is 5.91 Å². The van der Waals surface area contributed by atoms with Gasteiger partial charge in [-0.15, -0.1) is 0 Å². The molecule has 0 spiro atoms. The number of halogens is 1. The zero-order chi connectivity index (χ0) is 17.3. The molecule has 0 saturated carbocycles. The minimum Gasteiger partial charge on any atom is -0.324 e. The second kappa shape index (κ2) is 6.11. The fraction of sp³-hybridized carbons (Fsp3) is 0.118. The molecule has 2 amide bonds. The van der Waals surface area contributed by atoms with E-state index in [1.807, 2.05) is 25.1 Å². The number of aromatic nitrogens is 2. The first-order chi connectivity index (χ1) is 11.4. The van der Waals surface area contributed by atoms with Crippen LogP contribution in [-0.4, -0.2) is 22.0 Å². The lowest BCUT2D eigenvalue weighted by atomic mass is 10.1. The van der Waals surface area contributed by atoms with Gasteiger partial charge in [-0.1, -0.05) is 11.6 Å². The number of rotatable bonds is 3. The molecule has 0 aliphatic carbocycles. The molecule has 0 unspecified atom stereocenters. The summed E-state index contributed by atoms with van der Waals surface area (Å²) in [5, 5.41) is 12.6. The van der Waals surface area contributed by atoms with Crippen LogP contribution in [0.4, 0.5) is 15.8 Å². The highest BCUT2D eigenvalue weighted by atomic mass is 19.1. The first-order valence-corrected chi connectivity index (χ1v) is 7.27. The first-order valence-electron chi connectivity index (χ1n) is 7.27. The van der Waals surface area contributed by atoms with Crippen molar-refractivity contribution in [2.24, 2.45) is 0 Å². The maximum Gasteiger partial charge on any atom is 0.276 e. The second-order valence-corrected chi connectivity index (χ2v) is 5.45. The van der Waals surface area contributed by atoms with Gasteiger partial charge >= 0.3 is 0 Å². The number of hydrogen-bond acceptors (Lipinski definition) is 3. The summed E-state index contributed by atoms with van der Waals surface area (Å²) >= 11 is 0. The molecule has 0 aliphatic heterocycles. The Hall–Kier alpha value is -3.22. The van der Waals surface area contributed by atoms with Gasteiger partial charge in [0.2, 0.25) is 5.91 Å². The largest absolute Gasteiger partial charge is 0.324 e. The molecule has 1 aromatic heterocycles. The summed E-state index contributed by atoms with van der Waals surface area (Å²) in [6.45, 7) is 3.21. The van der Waals surface area contributed by atoms with Crippen LogP contribution in [0.1, 0.15) is 23.0 Å². The van der Waals surface area contributed by atoms with Gasteiger partial charge in [0.15, 0.2) is 5.69 Å². The van der Waals surface area contributed by atoms with Crippen molar-refractivity contribution in [1.29, 1.82) is 0 Å². The van der Waals surface area contributed by atoms with Gasteiger partial charge in [-0.2, -0.15) is 5.10 Å². The minimum absolute atomic E-state index is 0.00281. The molecule has 6 nitrogen and oxygen atoms in total. The lowest BCUT2D eigenvalue weighted by Gasteiger charge is -2.08. The van der Waals surface area contributed by atoms with Gasteiger partial charge in [-0.3, -0.25) is 14.7 Å².